The highest BCUT2D eigenvalue weighted by molar-refractivity contribution is 5.72. The van der Waals surface area contributed by atoms with Gasteiger partial charge in [-0.15, -0.1) is 13.2 Å². The number of rotatable bonds is 7. The van der Waals surface area contributed by atoms with Gasteiger partial charge in [0, 0.05) is 54.4 Å². The lowest BCUT2D eigenvalue weighted by Crippen LogP contribution is -2.54. The predicted molar refractivity (Wildman–Crippen MR) is 145 cm³/mol. The standard InChI is InChI=1S/C29H34F3N5O/c30-29(31,32)38-27-10-4-1-7-24(27)20-15-16-34-28(18-20)36-26-9-3-2-8-25(26)35-22-6-5-17-37(19-22)23-13-11-21(33)12-14-23/h1,4,7,10-16,18,22,25-26,35H,2-3,5-6,8-9,17,19,33H2,(H,34,36)/t22-,25+,26+/m0/s1. The van der Waals surface area contributed by atoms with Gasteiger partial charge >= 0.3 is 6.36 Å². The van der Waals surface area contributed by atoms with E-state index in [9.17, 15) is 13.2 Å². The van der Waals surface area contributed by atoms with Gasteiger partial charge in [-0.3, -0.25) is 0 Å². The van der Waals surface area contributed by atoms with Crippen LogP contribution in [0.15, 0.2) is 66.9 Å². The fourth-order valence-electron chi connectivity index (χ4n) is 5.62. The van der Waals surface area contributed by atoms with Gasteiger partial charge in [-0.1, -0.05) is 31.0 Å². The summed E-state index contributed by atoms with van der Waals surface area (Å²) in [5.74, 6) is 0.424. The third-order valence-electron chi connectivity index (χ3n) is 7.41. The summed E-state index contributed by atoms with van der Waals surface area (Å²) in [7, 11) is 0. The number of nitrogens with two attached hydrogens (primary N) is 1. The summed E-state index contributed by atoms with van der Waals surface area (Å²) in [5, 5.41) is 7.50. The Kier molecular flexibility index (Phi) is 7.93. The van der Waals surface area contributed by atoms with Gasteiger partial charge in [-0.05, 0) is 73.7 Å². The van der Waals surface area contributed by atoms with Crippen LogP contribution in [0.3, 0.4) is 0 Å². The Morgan fingerprint density at radius 1 is 0.921 bits per heavy atom. The van der Waals surface area contributed by atoms with Gasteiger partial charge in [0.25, 0.3) is 0 Å². The number of benzene rings is 2. The van der Waals surface area contributed by atoms with E-state index in [1.807, 2.05) is 12.1 Å². The Hall–Kier alpha value is -3.46. The monoisotopic (exact) mass is 525 g/mol. The molecule has 202 valence electrons. The second-order valence-electron chi connectivity index (χ2n) is 10.2. The molecular formula is C29H34F3N5O. The maximum atomic E-state index is 12.9. The lowest BCUT2D eigenvalue weighted by atomic mass is 9.89. The number of aromatic nitrogens is 1. The number of ether oxygens (including phenoxy) is 1. The van der Waals surface area contributed by atoms with Crippen LogP contribution < -0.4 is 26.0 Å². The Labute approximate surface area is 221 Å². The number of pyridine rings is 1. The van der Waals surface area contributed by atoms with Gasteiger partial charge in [0.2, 0.25) is 0 Å². The summed E-state index contributed by atoms with van der Waals surface area (Å²) < 4.78 is 43.1. The smallest absolute Gasteiger partial charge is 0.405 e. The van der Waals surface area contributed by atoms with Crippen molar-refractivity contribution in [3.63, 3.8) is 0 Å². The first-order chi connectivity index (χ1) is 18.3. The summed E-state index contributed by atoms with van der Waals surface area (Å²) in [6.45, 7) is 1.97. The lowest BCUT2D eigenvalue weighted by molar-refractivity contribution is -0.274. The number of nitrogen functional groups attached to an aromatic ring is 1. The molecule has 38 heavy (non-hydrogen) atoms. The Morgan fingerprint density at radius 3 is 2.47 bits per heavy atom. The van der Waals surface area contributed by atoms with E-state index >= 15 is 0 Å². The van der Waals surface area contributed by atoms with Crippen LogP contribution in [0.25, 0.3) is 11.1 Å². The summed E-state index contributed by atoms with van der Waals surface area (Å²) >= 11 is 0. The number of nitrogens with one attached hydrogen (secondary N) is 2. The van der Waals surface area contributed by atoms with Gasteiger partial charge in [0.05, 0.1) is 0 Å². The van der Waals surface area contributed by atoms with Crippen molar-refractivity contribution < 1.29 is 17.9 Å². The van der Waals surface area contributed by atoms with E-state index in [0.717, 1.165) is 50.9 Å². The van der Waals surface area contributed by atoms with Crippen LogP contribution in [0.1, 0.15) is 38.5 Å². The summed E-state index contributed by atoms with van der Waals surface area (Å²) in [5.41, 5.74) is 8.82. The second-order valence-corrected chi connectivity index (χ2v) is 10.2. The number of para-hydroxylation sites is 1. The molecule has 0 radical (unpaired) electrons. The molecule has 2 heterocycles. The third kappa shape index (κ3) is 6.69. The van der Waals surface area contributed by atoms with Crippen molar-refractivity contribution in [2.75, 3.05) is 29.0 Å². The molecule has 0 unspecified atom stereocenters. The number of piperidine rings is 1. The van der Waals surface area contributed by atoms with E-state index in [1.54, 1.807) is 30.5 Å². The van der Waals surface area contributed by atoms with Gasteiger partial charge in [0.15, 0.2) is 0 Å². The molecule has 2 aliphatic rings. The molecule has 0 amide bonds. The molecule has 3 atom stereocenters. The zero-order valence-electron chi connectivity index (χ0n) is 21.3. The van der Waals surface area contributed by atoms with Crippen molar-refractivity contribution in [2.45, 2.75) is 63.0 Å². The molecule has 2 aromatic carbocycles. The summed E-state index contributed by atoms with van der Waals surface area (Å²) in [6.07, 6.45) is 3.48. The Balaban J connectivity index is 1.27. The van der Waals surface area contributed by atoms with Crippen LogP contribution in [0, 0.1) is 0 Å². The van der Waals surface area contributed by atoms with Gasteiger partial charge in [0.1, 0.15) is 11.6 Å². The molecule has 1 aliphatic heterocycles. The number of anilines is 3. The van der Waals surface area contributed by atoms with E-state index in [2.05, 4.69) is 37.4 Å². The third-order valence-corrected chi connectivity index (χ3v) is 7.41. The molecule has 1 saturated carbocycles. The van der Waals surface area contributed by atoms with Crippen LogP contribution in [0.5, 0.6) is 5.75 Å². The van der Waals surface area contributed by atoms with Gasteiger partial charge < -0.3 is 26.0 Å². The summed E-state index contributed by atoms with van der Waals surface area (Å²) in [4.78, 5) is 6.90. The largest absolute Gasteiger partial charge is 0.573 e. The Bertz CT molecular complexity index is 1200. The number of alkyl halides is 3. The molecular weight excluding hydrogens is 491 g/mol. The van der Waals surface area contributed by atoms with Crippen molar-refractivity contribution in [3.8, 4) is 16.9 Å². The fraction of sp³-hybridized carbons (Fsp3) is 0.414. The van der Waals surface area contributed by atoms with Crippen LogP contribution in [-0.2, 0) is 0 Å². The van der Waals surface area contributed by atoms with Crippen molar-refractivity contribution in [3.05, 3.63) is 66.9 Å². The molecule has 0 spiro atoms. The van der Waals surface area contributed by atoms with Crippen LogP contribution in [0.2, 0.25) is 0 Å². The molecule has 1 saturated heterocycles. The average molecular weight is 526 g/mol. The Morgan fingerprint density at radius 2 is 1.68 bits per heavy atom. The minimum absolute atomic E-state index is 0.181. The van der Waals surface area contributed by atoms with Crippen LogP contribution in [-0.4, -0.2) is 42.6 Å². The van der Waals surface area contributed by atoms with E-state index in [0.29, 0.717) is 23.0 Å². The highest BCUT2D eigenvalue weighted by Crippen LogP contribution is 2.34. The van der Waals surface area contributed by atoms with E-state index < -0.39 is 6.36 Å². The molecule has 9 heteroatoms. The minimum atomic E-state index is -4.76. The molecule has 1 aromatic heterocycles. The molecule has 6 nitrogen and oxygen atoms in total. The normalized spacial score (nSPS) is 22.2. The van der Waals surface area contributed by atoms with Gasteiger partial charge in [-0.2, -0.15) is 0 Å². The van der Waals surface area contributed by atoms with Crippen molar-refractivity contribution in [2.24, 2.45) is 0 Å². The number of hydrogen-bond donors (Lipinski definition) is 3. The topological polar surface area (TPSA) is 75.4 Å². The zero-order chi connectivity index (χ0) is 26.5. The first-order valence-corrected chi connectivity index (χ1v) is 13.3. The van der Waals surface area contributed by atoms with Crippen LogP contribution in [0.4, 0.5) is 30.4 Å². The molecule has 3 aromatic rings. The summed E-state index contributed by atoms with van der Waals surface area (Å²) in [6, 6.07) is 18.6. The maximum absolute atomic E-state index is 12.9. The molecule has 0 bridgehead atoms. The molecule has 2 fully saturated rings. The number of nitrogens with zero attached hydrogens (tertiary/aromatic N) is 2. The highest BCUT2D eigenvalue weighted by atomic mass is 19.4. The quantitative estimate of drug-likeness (QED) is 0.319. The molecule has 5 rings (SSSR count). The lowest BCUT2D eigenvalue weighted by Gasteiger charge is -2.40. The van der Waals surface area contributed by atoms with Crippen molar-refractivity contribution in [1.82, 2.24) is 10.3 Å². The van der Waals surface area contributed by atoms with E-state index in [4.69, 9.17) is 5.73 Å². The predicted octanol–water partition coefficient (Wildman–Crippen LogP) is 6.21. The average Bonchev–Trinajstić information content (AvgIpc) is 2.90. The molecule has 1 aliphatic carbocycles. The number of hydrogen-bond acceptors (Lipinski definition) is 6. The maximum Gasteiger partial charge on any atom is 0.573 e. The van der Waals surface area contributed by atoms with Gasteiger partial charge in [-0.25, -0.2) is 4.98 Å². The first-order valence-electron chi connectivity index (χ1n) is 13.3. The first kappa shape index (κ1) is 26.2. The van der Waals surface area contributed by atoms with E-state index in [1.165, 1.54) is 24.2 Å². The fourth-order valence-corrected chi connectivity index (χ4v) is 5.62. The number of halogens is 3. The SMILES string of the molecule is Nc1ccc(N2CCC[C@H](N[C@@H]3CCCC[C@H]3Nc3cc(-c4ccccc4OC(F)(F)F)ccn3)C2)cc1. The van der Waals surface area contributed by atoms with Crippen molar-refractivity contribution >= 4 is 17.2 Å². The minimum Gasteiger partial charge on any atom is -0.405 e. The zero-order valence-corrected chi connectivity index (χ0v) is 21.3. The second kappa shape index (κ2) is 11.5. The molecule has 4 N–H and O–H groups in total. The highest BCUT2D eigenvalue weighted by Gasteiger charge is 2.32. The van der Waals surface area contributed by atoms with Crippen molar-refractivity contribution in [1.29, 1.82) is 0 Å². The van der Waals surface area contributed by atoms with E-state index in [-0.39, 0.29) is 17.8 Å². The van der Waals surface area contributed by atoms with Crippen LogP contribution >= 0.6 is 0 Å².